The predicted octanol–water partition coefficient (Wildman–Crippen LogP) is 3.85. The molecule has 0 spiro atoms. The molecule has 0 saturated carbocycles. The van der Waals surface area contributed by atoms with Gasteiger partial charge in [-0.2, -0.15) is 0 Å². The number of nitrogens with zero attached hydrogens (tertiary/aromatic N) is 2. The molecule has 5 nitrogen and oxygen atoms in total. The highest BCUT2D eigenvalue weighted by atomic mass is 35.5. The Morgan fingerprint density at radius 2 is 2.08 bits per heavy atom. The van der Waals surface area contributed by atoms with Crippen LogP contribution in [0.4, 0.5) is 0 Å². The molecule has 0 bridgehead atoms. The maximum atomic E-state index is 12.9. The highest BCUT2D eigenvalue weighted by Crippen LogP contribution is 2.30. The van der Waals surface area contributed by atoms with E-state index >= 15 is 0 Å². The number of hydrogen-bond acceptors (Lipinski definition) is 3. The molecule has 3 aromatic rings. The van der Waals surface area contributed by atoms with Crippen LogP contribution in [0.2, 0.25) is 5.15 Å². The van der Waals surface area contributed by atoms with Crippen LogP contribution in [0.3, 0.4) is 0 Å². The van der Waals surface area contributed by atoms with E-state index in [0.29, 0.717) is 28.5 Å². The van der Waals surface area contributed by atoms with E-state index in [2.05, 4.69) is 4.98 Å². The first-order valence-corrected chi connectivity index (χ1v) is 8.87. The number of aromatic nitrogens is 2. The van der Waals surface area contributed by atoms with Crippen LogP contribution in [0.1, 0.15) is 46.4 Å². The summed E-state index contributed by atoms with van der Waals surface area (Å²) in [5.74, 6) is -0.944. The van der Waals surface area contributed by atoms with Crippen LogP contribution in [0.15, 0.2) is 41.2 Å². The van der Waals surface area contributed by atoms with E-state index in [1.165, 1.54) is 6.07 Å². The molecular weight excluding hydrogens is 352 g/mol. The molecule has 1 aliphatic rings. The lowest BCUT2D eigenvalue weighted by Gasteiger charge is -2.13. The third-order valence-electron chi connectivity index (χ3n) is 5.02. The molecule has 26 heavy (non-hydrogen) atoms. The summed E-state index contributed by atoms with van der Waals surface area (Å²) in [5.41, 5.74) is 2.61. The number of para-hydroxylation sites is 1. The van der Waals surface area contributed by atoms with Crippen molar-refractivity contribution in [2.75, 3.05) is 0 Å². The normalized spacial score (nSPS) is 16.0. The van der Waals surface area contributed by atoms with Crippen molar-refractivity contribution in [3.63, 3.8) is 0 Å². The van der Waals surface area contributed by atoms with Gasteiger partial charge in [0, 0.05) is 29.6 Å². The van der Waals surface area contributed by atoms with Gasteiger partial charge in [-0.05, 0) is 36.1 Å². The fourth-order valence-electron chi connectivity index (χ4n) is 3.71. The minimum absolute atomic E-state index is 0.0637. The number of fused-ring (bicyclic) bond motifs is 2. The molecule has 3 heterocycles. The molecule has 0 fully saturated rings. The van der Waals surface area contributed by atoms with Gasteiger partial charge in [0.1, 0.15) is 5.15 Å². The third kappa shape index (κ3) is 2.69. The summed E-state index contributed by atoms with van der Waals surface area (Å²) in [6.07, 6.45) is 1.03. The fourth-order valence-corrected chi connectivity index (χ4v) is 3.93. The second-order valence-corrected chi connectivity index (χ2v) is 7.09. The van der Waals surface area contributed by atoms with E-state index in [1.807, 2.05) is 37.3 Å². The van der Waals surface area contributed by atoms with Crippen LogP contribution < -0.4 is 5.56 Å². The third-order valence-corrected chi connectivity index (χ3v) is 5.35. The van der Waals surface area contributed by atoms with Gasteiger partial charge < -0.3 is 9.67 Å². The first kappa shape index (κ1) is 16.8. The van der Waals surface area contributed by atoms with E-state index in [9.17, 15) is 14.7 Å². The van der Waals surface area contributed by atoms with Gasteiger partial charge in [-0.1, -0.05) is 36.7 Å². The lowest BCUT2D eigenvalue weighted by atomic mass is 9.99. The molecule has 132 valence electrons. The van der Waals surface area contributed by atoms with Crippen molar-refractivity contribution in [3.8, 4) is 0 Å². The molecule has 1 aliphatic heterocycles. The van der Waals surface area contributed by atoms with Crippen molar-refractivity contribution in [1.82, 2.24) is 9.55 Å². The van der Waals surface area contributed by atoms with E-state index in [0.717, 1.165) is 17.3 Å². The monoisotopic (exact) mass is 368 g/mol. The number of aromatic carboxylic acids is 1. The van der Waals surface area contributed by atoms with Crippen molar-refractivity contribution in [2.24, 2.45) is 0 Å². The van der Waals surface area contributed by atoms with Crippen LogP contribution in [-0.2, 0) is 13.0 Å². The Morgan fingerprint density at radius 1 is 1.31 bits per heavy atom. The van der Waals surface area contributed by atoms with Crippen LogP contribution in [0, 0.1) is 0 Å². The molecular formula is C20H17ClN2O3. The number of rotatable bonds is 3. The minimum atomic E-state index is -1.01. The van der Waals surface area contributed by atoms with Crippen molar-refractivity contribution < 1.29 is 9.90 Å². The van der Waals surface area contributed by atoms with Gasteiger partial charge in [0.15, 0.2) is 0 Å². The lowest BCUT2D eigenvalue weighted by molar-refractivity contribution is 0.0694. The molecule has 1 atom stereocenters. The average molecular weight is 369 g/mol. The van der Waals surface area contributed by atoms with Gasteiger partial charge in [0.05, 0.1) is 11.1 Å². The van der Waals surface area contributed by atoms with E-state index < -0.39 is 5.97 Å². The molecule has 0 radical (unpaired) electrons. The summed E-state index contributed by atoms with van der Waals surface area (Å²) >= 11 is 6.31. The van der Waals surface area contributed by atoms with Crippen LogP contribution in [0.5, 0.6) is 0 Å². The first-order valence-electron chi connectivity index (χ1n) is 8.49. The highest BCUT2D eigenvalue weighted by molar-refractivity contribution is 6.30. The summed E-state index contributed by atoms with van der Waals surface area (Å²) in [6, 6.07) is 11.0. The van der Waals surface area contributed by atoms with Crippen LogP contribution >= 0.6 is 11.6 Å². The number of carboxylic acid groups (broad SMARTS) is 1. The largest absolute Gasteiger partial charge is 0.478 e. The van der Waals surface area contributed by atoms with Crippen molar-refractivity contribution in [2.45, 2.75) is 32.2 Å². The molecule has 0 amide bonds. The number of carboxylic acids is 1. The first-order chi connectivity index (χ1) is 12.5. The Morgan fingerprint density at radius 3 is 2.85 bits per heavy atom. The Labute approximate surface area is 154 Å². The van der Waals surface area contributed by atoms with Crippen LogP contribution in [-0.4, -0.2) is 20.6 Å². The number of pyridine rings is 2. The fraction of sp³-hybridized carbons (Fsp3) is 0.250. The predicted molar refractivity (Wildman–Crippen MR) is 100 cm³/mol. The highest BCUT2D eigenvalue weighted by Gasteiger charge is 2.27. The molecule has 1 unspecified atom stereocenters. The summed E-state index contributed by atoms with van der Waals surface area (Å²) in [4.78, 5) is 29.0. The Hall–Kier alpha value is -2.66. The Bertz CT molecular complexity index is 1100. The van der Waals surface area contributed by atoms with Gasteiger partial charge >= 0.3 is 5.97 Å². The van der Waals surface area contributed by atoms with Crippen molar-refractivity contribution >= 4 is 28.5 Å². The summed E-state index contributed by atoms with van der Waals surface area (Å²) < 4.78 is 1.60. The molecule has 0 aliphatic carbocycles. The second-order valence-electron chi connectivity index (χ2n) is 6.73. The molecule has 4 rings (SSSR count). The summed E-state index contributed by atoms with van der Waals surface area (Å²) in [5, 5.41) is 10.9. The van der Waals surface area contributed by atoms with E-state index in [4.69, 9.17) is 11.6 Å². The van der Waals surface area contributed by atoms with Gasteiger partial charge in [0.2, 0.25) is 0 Å². The Balaban J connectivity index is 1.85. The average Bonchev–Trinajstić information content (AvgIpc) is 3.00. The molecule has 1 N–H and O–H groups in total. The van der Waals surface area contributed by atoms with Gasteiger partial charge in [-0.15, -0.1) is 0 Å². The Kier molecular flexibility index (Phi) is 4.04. The van der Waals surface area contributed by atoms with Crippen molar-refractivity contribution in [1.29, 1.82) is 0 Å². The quantitative estimate of drug-likeness (QED) is 0.713. The van der Waals surface area contributed by atoms with Crippen LogP contribution in [0.25, 0.3) is 10.9 Å². The molecule has 2 aromatic heterocycles. The SMILES string of the molecule is CC1CCn2c1c(C(=O)O)cc(Cc1cc3ccccc3nc1Cl)c2=O. The van der Waals surface area contributed by atoms with Crippen molar-refractivity contribution in [3.05, 3.63) is 74.3 Å². The van der Waals surface area contributed by atoms with E-state index in [1.54, 1.807) is 4.57 Å². The van der Waals surface area contributed by atoms with Gasteiger partial charge in [-0.25, -0.2) is 9.78 Å². The summed E-state index contributed by atoms with van der Waals surface area (Å²) in [7, 11) is 0. The maximum Gasteiger partial charge on any atom is 0.337 e. The number of hydrogen-bond donors (Lipinski definition) is 1. The second kappa shape index (κ2) is 6.25. The maximum absolute atomic E-state index is 12.9. The molecule has 1 aromatic carbocycles. The minimum Gasteiger partial charge on any atom is -0.478 e. The lowest BCUT2D eigenvalue weighted by Crippen LogP contribution is -2.26. The smallest absolute Gasteiger partial charge is 0.337 e. The number of halogens is 1. The van der Waals surface area contributed by atoms with Gasteiger partial charge in [0.25, 0.3) is 5.56 Å². The molecule has 0 saturated heterocycles. The molecule has 6 heteroatoms. The standard InChI is InChI=1S/C20H17ClN2O3/c1-11-6-7-23-17(11)15(20(25)26)10-14(19(23)24)9-13-8-12-4-2-3-5-16(12)22-18(13)21/h2-5,8,10-11H,6-7,9H2,1H3,(H,25,26). The number of carbonyl (C=O) groups is 1. The number of benzene rings is 1. The van der Waals surface area contributed by atoms with Gasteiger partial charge in [-0.3, -0.25) is 4.79 Å². The zero-order valence-electron chi connectivity index (χ0n) is 14.2. The summed E-state index contributed by atoms with van der Waals surface area (Å²) in [6.45, 7) is 2.50. The zero-order valence-corrected chi connectivity index (χ0v) is 15.0. The van der Waals surface area contributed by atoms with E-state index in [-0.39, 0.29) is 23.5 Å². The topological polar surface area (TPSA) is 72.2 Å². The zero-order chi connectivity index (χ0) is 18.4.